The molecule has 0 aliphatic heterocycles. The summed E-state index contributed by atoms with van der Waals surface area (Å²) in [7, 11) is 1.93. The molecule has 1 heterocycles. The van der Waals surface area contributed by atoms with Gasteiger partial charge in [0.25, 0.3) is 0 Å². The standard InChI is InChI=1S/C14H20N4/c1-4-14-17-11(2)9-18(14)10-16-13-8-6-5-7-12(13)15-3/h5-9,15-16H,4,10H2,1-3H3. The number of hydrogen-bond donors (Lipinski definition) is 2. The normalized spacial score (nSPS) is 10.4. The van der Waals surface area contributed by atoms with Crippen LogP contribution in [0.3, 0.4) is 0 Å². The molecule has 1 aromatic carbocycles. The van der Waals surface area contributed by atoms with E-state index in [-0.39, 0.29) is 0 Å². The van der Waals surface area contributed by atoms with Crippen LogP contribution in [0.5, 0.6) is 0 Å². The van der Waals surface area contributed by atoms with Gasteiger partial charge in [-0.25, -0.2) is 4.98 Å². The van der Waals surface area contributed by atoms with Crippen molar-refractivity contribution in [2.24, 2.45) is 0 Å². The Morgan fingerprint density at radius 1 is 1.22 bits per heavy atom. The van der Waals surface area contributed by atoms with E-state index in [0.29, 0.717) is 0 Å². The van der Waals surface area contributed by atoms with Crippen molar-refractivity contribution >= 4 is 11.4 Å². The molecular weight excluding hydrogens is 224 g/mol. The van der Waals surface area contributed by atoms with Crippen LogP contribution in [0.25, 0.3) is 0 Å². The zero-order chi connectivity index (χ0) is 13.0. The number of hydrogen-bond acceptors (Lipinski definition) is 3. The third-order valence-corrected chi connectivity index (χ3v) is 2.93. The van der Waals surface area contributed by atoms with E-state index in [1.165, 1.54) is 0 Å². The van der Waals surface area contributed by atoms with Crippen molar-refractivity contribution in [3.05, 3.63) is 42.0 Å². The van der Waals surface area contributed by atoms with Gasteiger partial charge in [0.1, 0.15) is 5.82 Å². The molecule has 4 nitrogen and oxygen atoms in total. The molecule has 0 spiro atoms. The van der Waals surface area contributed by atoms with E-state index in [9.17, 15) is 0 Å². The highest BCUT2D eigenvalue weighted by molar-refractivity contribution is 5.67. The fourth-order valence-electron chi connectivity index (χ4n) is 2.04. The van der Waals surface area contributed by atoms with E-state index in [4.69, 9.17) is 0 Å². The highest BCUT2D eigenvalue weighted by Crippen LogP contribution is 2.20. The van der Waals surface area contributed by atoms with Crippen LogP contribution < -0.4 is 10.6 Å². The molecule has 0 saturated heterocycles. The fourth-order valence-corrected chi connectivity index (χ4v) is 2.04. The molecule has 0 amide bonds. The number of imidazole rings is 1. The second-order valence-corrected chi connectivity index (χ2v) is 4.25. The first-order valence-electron chi connectivity index (χ1n) is 6.28. The predicted octanol–water partition coefficient (Wildman–Crippen LogP) is 2.87. The molecule has 4 heteroatoms. The summed E-state index contributed by atoms with van der Waals surface area (Å²) in [5.41, 5.74) is 3.27. The van der Waals surface area contributed by atoms with Crippen LogP contribution in [-0.2, 0) is 13.1 Å². The number of aromatic nitrogens is 2. The van der Waals surface area contributed by atoms with Gasteiger partial charge in [-0.05, 0) is 19.1 Å². The maximum absolute atomic E-state index is 4.49. The summed E-state index contributed by atoms with van der Waals surface area (Å²) in [6, 6.07) is 8.18. The van der Waals surface area contributed by atoms with Crippen molar-refractivity contribution < 1.29 is 0 Å². The SMILES string of the molecule is CCc1nc(C)cn1CNc1ccccc1NC. The quantitative estimate of drug-likeness (QED) is 0.850. The number of nitrogens with zero attached hydrogens (tertiary/aromatic N) is 2. The van der Waals surface area contributed by atoms with E-state index in [0.717, 1.165) is 36.0 Å². The molecule has 0 unspecified atom stereocenters. The van der Waals surface area contributed by atoms with Crippen LogP contribution in [0.15, 0.2) is 30.5 Å². The van der Waals surface area contributed by atoms with Crippen molar-refractivity contribution in [1.29, 1.82) is 0 Å². The molecule has 18 heavy (non-hydrogen) atoms. The number of para-hydroxylation sites is 2. The second-order valence-electron chi connectivity index (χ2n) is 4.25. The zero-order valence-corrected chi connectivity index (χ0v) is 11.2. The average Bonchev–Trinajstić information content (AvgIpc) is 2.77. The largest absolute Gasteiger partial charge is 0.386 e. The number of rotatable bonds is 5. The zero-order valence-electron chi connectivity index (χ0n) is 11.2. The summed E-state index contributed by atoms with van der Waals surface area (Å²) in [6.07, 6.45) is 3.02. The van der Waals surface area contributed by atoms with Crippen molar-refractivity contribution in [2.45, 2.75) is 26.9 Å². The van der Waals surface area contributed by atoms with Crippen molar-refractivity contribution in [3.63, 3.8) is 0 Å². The summed E-state index contributed by atoms with van der Waals surface area (Å²) in [4.78, 5) is 4.49. The van der Waals surface area contributed by atoms with E-state index < -0.39 is 0 Å². The Morgan fingerprint density at radius 3 is 2.61 bits per heavy atom. The molecule has 0 radical (unpaired) electrons. The molecule has 1 aromatic heterocycles. The van der Waals surface area contributed by atoms with Gasteiger partial charge in [-0.1, -0.05) is 19.1 Å². The Labute approximate surface area is 108 Å². The lowest BCUT2D eigenvalue weighted by Crippen LogP contribution is -2.11. The summed E-state index contributed by atoms with van der Waals surface area (Å²) < 4.78 is 2.15. The molecule has 0 saturated carbocycles. The molecule has 96 valence electrons. The third kappa shape index (κ3) is 2.64. The lowest BCUT2D eigenvalue weighted by Gasteiger charge is -2.13. The van der Waals surface area contributed by atoms with Crippen LogP contribution >= 0.6 is 0 Å². The first-order chi connectivity index (χ1) is 8.74. The first-order valence-corrected chi connectivity index (χ1v) is 6.28. The van der Waals surface area contributed by atoms with Gasteiger partial charge in [0.05, 0.1) is 23.7 Å². The molecule has 2 aromatic rings. The Bertz CT molecular complexity index is 516. The van der Waals surface area contributed by atoms with Crippen LogP contribution in [-0.4, -0.2) is 16.6 Å². The lowest BCUT2D eigenvalue weighted by molar-refractivity contribution is 0.715. The van der Waals surface area contributed by atoms with Crippen LogP contribution in [0.2, 0.25) is 0 Å². The maximum Gasteiger partial charge on any atom is 0.110 e. The van der Waals surface area contributed by atoms with E-state index >= 15 is 0 Å². The van der Waals surface area contributed by atoms with E-state index in [1.54, 1.807) is 0 Å². The molecular formula is C14H20N4. The van der Waals surface area contributed by atoms with Crippen molar-refractivity contribution in [2.75, 3.05) is 17.7 Å². The summed E-state index contributed by atoms with van der Waals surface area (Å²) in [5, 5.41) is 6.61. The Hall–Kier alpha value is -1.97. The molecule has 0 atom stereocenters. The Kier molecular flexibility index (Phi) is 3.87. The molecule has 0 aliphatic carbocycles. The van der Waals surface area contributed by atoms with Crippen molar-refractivity contribution in [3.8, 4) is 0 Å². The monoisotopic (exact) mass is 244 g/mol. The van der Waals surface area contributed by atoms with Gasteiger partial charge in [-0.3, -0.25) is 0 Å². The van der Waals surface area contributed by atoms with Gasteiger partial charge < -0.3 is 15.2 Å². The molecule has 2 N–H and O–H groups in total. The summed E-state index contributed by atoms with van der Waals surface area (Å²) in [6.45, 7) is 4.89. The number of benzene rings is 1. The maximum atomic E-state index is 4.49. The minimum Gasteiger partial charge on any atom is -0.386 e. The topological polar surface area (TPSA) is 41.9 Å². The smallest absolute Gasteiger partial charge is 0.110 e. The van der Waals surface area contributed by atoms with Crippen LogP contribution in [0.4, 0.5) is 11.4 Å². The van der Waals surface area contributed by atoms with Crippen LogP contribution in [0.1, 0.15) is 18.4 Å². The van der Waals surface area contributed by atoms with Crippen molar-refractivity contribution in [1.82, 2.24) is 9.55 Å². The lowest BCUT2D eigenvalue weighted by atomic mass is 10.2. The van der Waals surface area contributed by atoms with Gasteiger partial charge in [-0.15, -0.1) is 0 Å². The van der Waals surface area contributed by atoms with Gasteiger partial charge in [0, 0.05) is 19.7 Å². The first kappa shape index (κ1) is 12.5. The molecule has 0 aliphatic rings. The molecule has 0 bridgehead atoms. The fraction of sp³-hybridized carbons (Fsp3) is 0.357. The highest BCUT2D eigenvalue weighted by Gasteiger charge is 2.04. The number of aryl methyl sites for hydroxylation is 2. The Balaban J connectivity index is 2.11. The second kappa shape index (κ2) is 5.58. The summed E-state index contributed by atoms with van der Waals surface area (Å²) in [5.74, 6) is 1.11. The minimum atomic E-state index is 0.739. The van der Waals surface area contributed by atoms with Crippen LogP contribution in [0, 0.1) is 6.92 Å². The summed E-state index contributed by atoms with van der Waals surface area (Å²) >= 11 is 0. The predicted molar refractivity (Wildman–Crippen MR) is 76.0 cm³/mol. The van der Waals surface area contributed by atoms with E-state index in [1.807, 2.05) is 26.1 Å². The highest BCUT2D eigenvalue weighted by atomic mass is 15.2. The van der Waals surface area contributed by atoms with Gasteiger partial charge in [0.15, 0.2) is 0 Å². The number of anilines is 2. The van der Waals surface area contributed by atoms with Gasteiger partial charge in [-0.2, -0.15) is 0 Å². The molecule has 2 rings (SSSR count). The van der Waals surface area contributed by atoms with E-state index in [2.05, 4.69) is 45.4 Å². The average molecular weight is 244 g/mol. The number of nitrogens with one attached hydrogen (secondary N) is 2. The third-order valence-electron chi connectivity index (χ3n) is 2.93. The minimum absolute atomic E-state index is 0.739. The molecule has 0 fully saturated rings. The van der Waals surface area contributed by atoms with Gasteiger partial charge in [0.2, 0.25) is 0 Å². The van der Waals surface area contributed by atoms with Gasteiger partial charge >= 0.3 is 0 Å². The Morgan fingerprint density at radius 2 is 1.94 bits per heavy atom.